The van der Waals surface area contributed by atoms with E-state index < -0.39 is 0 Å². The second kappa shape index (κ2) is 20.9. The van der Waals surface area contributed by atoms with Gasteiger partial charge < -0.3 is 27.0 Å². The fraction of sp³-hybridized carbons (Fsp3) is 0.515. The van der Waals surface area contributed by atoms with Gasteiger partial charge in [-0.15, -0.1) is 0 Å². The van der Waals surface area contributed by atoms with Crippen molar-refractivity contribution >= 4 is 34.5 Å². The van der Waals surface area contributed by atoms with Crippen LogP contribution in [0, 0.1) is 0 Å². The van der Waals surface area contributed by atoms with E-state index in [0.29, 0.717) is 22.9 Å². The summed E-state index contributed by atoms with van der Waals surface area (Å²) in [5.41, 5.74) is 4.56. The summed E-state index contributed by atoms with van der Waals surface area (Å²) in [4.78, 5) is 12.8. The van der Waals surface area contributed by atoms with Crippen molar-refractivity contribution < 1.29 is 31.1 Å². The lowest BCUT2D eigenvalue weighted by Gasteiger charge is -2.11. The van der Waals surface area contributed by atoms with Crippen molar-refractivity contribution in [3.8, 4) is 5.75 Å². The minimum absolute atomic E-state index is 0. The molecule has 1 amide bonds. The molecular weight excluding hydrogens is 604 g/mol. The van der Waals surface area contributed by atoms with Crippen molar-refractivity contribution in [1.29, 1.82) is 0 Å². The van der Waals surface area contributed by atoms with Gasteiger partial charge in [0, 0.05) is 16.8 Å². The maximum atomic E-state index is 12.8. The lowest BCUT2D eigenvalue weighted by atomic mass is 10.0. The second-order valence-corrected chi connectivity index (χ2v) is 11.6. The molecule has 1 aromatic heterocycles. The van der Waals surface area contributed by atoms with E-state index in [4.69, 9.17) is 16.3 Å². The van der Waals surface area contributed by atoms with Crippen molar-refractivity contribution in [3.05, 3.63) is 75.7 Å². The van der Waals surface area contributed by atoms with Gasteiger partial charge in [-0.2, -0.15) is 4.57 Å². The fourth-order valence-electron chi connectivity index (χ4n) is 4.69. The third-order valence-electron chi connectivity index (χ3n) is 7.05. The highest BCUT2D eigenvalue weighted by molar-refractivity contribution is 7.07. The van der Waals surface area contributed by atoms with E-state index in [1.165, 1.54) is 82.6 Å². The molecule has 0 saturated heterocycles. The van der Waals surface area contributed by atoms with Crippen molar-refractivity contribution in [1.82, 2.24) is 0 Å². The standard InChI is InChI=1S/C33H45ClN2O2S.BrH/c1-2-3-4-5-6-7-8-9-10-11-12-13-14-15-23-38-32-25-29(18-21-31(32)34)33(37)35-30-19-16-28(17-20-30)26-36-22-24-39-27-36;/h16-22,24-25,27H,2-15,23,26H2,1H3;1H. The molecule has 1 N–H and O–H groups in total. The Labute approximate surface area is 261 Å². The Morgan fingerprint density at radius 3 is 2.02 bits per heavy atom. The number of halogens is 2. The van der Waals surface area contributed by atoms with Gasteiger partial charge in [0.15, 0.2) is 12.7 Å². The first-order valence-corrected chi connectivity index (χ1v) is 16.2. The Morgan fingerprint density at radius 2 is 1.45 bits per heavy atom. The van der Waals surface area contributed by atoms with Crippen molar-refractivity contribution in [2.45, 2.75) is 103 Å². The first-order valence-electron chi connectivity index (χ1n) is 14.9. The highest BCUT2D eigenvalue weighted by atomic mass is 79.9. The van der Waals surface area contributed by atoms with E-state index in [9.17, 15) is 4.79 Å². The van der Waals surface area contributed by atoms with E-state index in [1.54, 1.807) is 29.5 Å². The van der Waals surface area contributed by atoms with Crippen molar-refractivity contribution in [2.24, 2.45) is 0 Å². The van der Waals surface area contributed by atoms with Gasteiger partial charge in [0.25, 0.3) is 5.91 Å². The molecule has 0 bridgehead atoms. The fourth-order valence-corrected chi connectivity index (χ4v) is 5.46. The van der Waals surface area contributed by atoms with Crippen LogP contribution in [0.1, 0.15) is 113 Å². The molecule has 0 saturated carbocycles. The average molecular weight is 650 g/mol. The number of thiazole rings is 1. The van der Waals surface area contributed by atoms with Crippen molar-refractivity contribution in [2.75, 3.05) is 11.9 Å². The number of hydrogen-bond acceptors (Lipinski definition) is 3. The van der Waals surface area contributed by atoms with E-state index in [1.807, 2.05) is 24.3 Å². The molecule has 0 aliphatic rings. The minimum atomic E-state index is -0.173. The Bertz CT molecular complexity index is 1080. The summed E-state index contributed by atoms with van der Waals surface area (Å²) in [5.74, 6) is 0.398. The molecule has 0 aliphatic carbocycles. The topological polar surface area (TPSA) is 42.2 Å². The molecule has 0 fully saturated rings. The lowest BCUT2D eigenvalue weighted by Crippen LogP contribution is -3.00. The van der Waals surface area contributed by atoms with Crippen LogP contribution in [-0.4, -0.2) is 12.5 Å². The van der Waals surface area contributed by atoms with Crippen LogP contribution < -0.4 is 31.6 Å². The predicted molar refractivity (Wildman–Crippen MR) is 165 cm³/mol. The summed E-state index contributed by atoms with van der Waals surface area (Å²) >= 11 is 8.01. The predicted octanol–water partition coefficient (Wildman–Crippen LogP) is 6.85. The molecule has 3 aromatic rings. The van der Waals surface area contributed by atoms with E-state index >= 15 is 0 Å². The lowest BCUT2D eigenvalue weighted by molar-refractivity contribution is -0.683. The molecule has 40 heavy (non-hydrogen) atoms. The summed E-state index contributed by atoms with van der Waals surface area (Å²) < 4.78 is 8.07. The van der Waals surface area contributed by atoms with Crippen LogP contribution >= 0.6 is 22.9 Å². The Morgan fingerprint density at radius 1 is 0.850 bits per heavy atom. The average Bonchev–Trinajstić information content (AvgIpc) is 3.46. The smallest absolute Gasteiger partial charge is 0.255 e. The van der Waals surface area contributed by atoms with Gasteiger partial charge in [0.1, 0.15) is 5.75 Å². The number of nitrogens with one attached hydrogen (secondary N) is 1. The number of amides is 1. The normalized spacial score (nSPS) is 10.8. The minimum Gasteiger partial charge on any atom is -1.00 e. The zero-order valence-electron chi connectivity index (χ0n) is 24.0. The van der Waals surface area contributed by atoms with Crippen LogP contribution in [0.3, 0.4) is 0 Å². The number of carbonyl (C=O) groups is 1. The highest BCUT2D eigenvalue weighted by Crippen LogP contribution is 2.26. The zero-order chi connectivity index (χ0) is 27.5. The largest absolute Gasteiger partial charge is 1.00 e. The van der Waals surface area contributed by atoms with Crippen LogP contribution in [-0.2, 0) is 6.54 Å². The summed E-state index contributed by atoms with van der Waals surface area (Å²) in [6, 6.07) is 13.1. The molecule has 4 nitrogen and oxygen atoms in total. The van der Waals surface area contributed by atoms with Gasteiger partial charge in [-0.05, 0) is 36.8 Å². The molecule has 0 aliphatic heterocycles. The third kappa shape index (κ3) is 13.6. The highest BCUT2D eigenvalue weighted by Gasteiger charge is 2.11. The molecule has 0 unspecified atom stereocenters. The number of unbranched alkanes of at least 4 members (excludes halogenated alkanes) is 13. The molecule has 2 aromatic carbocycles. The van der Waals surface area contributed by atoms with Crippen LogP contribution in [0.25, 0.3) is 0 Å². The number of nitrogens with zero attached hydrogens (tertiary/aromatic N) is 1. The quantitative estimate of drug-likeness (QED) is 0.107. The van der Waals surface area contributed by atoms with Crippen LogP contribution in [0.2, 0.25) is 5.02 Å². The number of anilines is 1. The first kappa shape index (κ1) is 34.3. The van der Waals surface area contributed by atoms with E-state index in [-0.39, 0.29) is 22.9 Å². The van der Waals surface area contributed by atoms with E-state index in [2.05, 4.69) is 33.9 Å². The summed E-state index contributed by atoms with van der Waals surface area (Å²) in [6.07, 6.45) is 20.7. The summed E-state index contributed by atoms with van der Waals surface area (Å²) in [6.45, 7) is 3.71. The maximum absolute atomic E-state index is 12.8. The number of ether oxygens (including phenoxy) is 1. The molecular formula is C33H46BrClN2O2S. The molecule has 0 atom stereocenters. The third-order valence-corrected chi connectivity index (χ3v) is 8.04. The van der Waals surface area contributed by atoms with Gasteiger partial charge in [-0.25, -0.2) is 0 Å². The van der Waals surface area contributed by atoms with Crippen LogP contribution in [0.15, 0.2) is 59.6 Å². The van der Waals surface area contributed by atoms with E-state index in [0.717, 1.165) is 25.1 Å². The molecule has 1 heterocycles. The Hall–Kier alpha value is -1.89. The molecule has 0 spiro atoms. The molecule has 220 valence electrons. The van der Waals surface area contributed by atoms with Crippen LogP contribution in [0.4, 0.5) is 5.69 Å². The summed E-state index contributed by atoms with van der Waals surface area (Å²) in [5, 5.41) is 5.56. The molecule has 7 heteroatoms. The zero-order valence-corrected chi connectivity index (χ0v) is 27.2. The number of carbonyl (C=O) groups excluding carboxylic acids is 1. The van der Waals surface area contributed by atoms with Crippen LogP contribution in [0.5, 0.6) is 5.75 Å². The Balaban J connectivity index is 0.00000560. The number of rotatable bonds is 20. The second-order valence-electron chi connectivity index (χ2n) is 10.4. The number of benzene rings is 2. The number of aromatic nitrogens is 1. The van der Waals surface area contributed by atoms with Gasteiger partial charge in [-0.3, -0.25) is 4.79 Å². The summed E-state index contributed by atoms with van der Waals surface area (Å²) in [7, 11) is 0. The SMILES string of the molecule is CCCCCCCCCCCCCCCCOc1cc(C(=O)Nc2ccc(C[n+]3ccsc3)cc2)ccc1Cl.[Br-]. The first-order chi connectivity index (χ1) is 19.2. The molecule has 3 rings (SSSR count). The van der Waals surface area contributed by atoms with Gasteiger partial charge in [0.2, 0.25) is 5.51 Å². The monoisotopic (exact) mass is 648 g/mol. The van der Waals surface area contributed by atoms with Crippen molar-refractivity contribution in [3.63, 3.8) is 0 Å². The van der Waals surface area contributed by atoms with Gasteiger partial charge in [-0.1, -0.05) is 125 Å². The Kier molecular flexibility index (Phi) is 17.9. The van der Waals surface area contributed by atoms with Gasteiger partial charge >= 0.3 is 0 Å². The molecule has 0 radical (unpaired) electrons. The maximum Gasteiger partial charge on any atom is 0.255 e. The van der Waals surface area contributed by atoms with Gasteiger partial charge in [0.05, 0.1) is 17.0 Å². The number of hydrogen-bond donors (Lipinski definition) is 1.